The van der Waals surface area contributed by atoms with Crippen LogP contribution in [0.3, 0.4) is 0 Å². The lowest BCUT2D eigenvalue weighted by molar-refractivity contribution is -0.0710. The van der Waals surface area contributed by atoms with Crippen molar-refractivity contribution in [2.45, 2.75) is 32.6 Å². The van der Waals surface area contributed by atoms with E-state index in [4.69, 9.17) is 22.1 Å². The molecule has 1 aromatic heterocycles. The van der Waals surface area contributed by atoms with Gasteiger partial charge in [0.2, 0.25) is 11.9 Å². The van der Waals surface area contributed by atoms with Crippen LogP contribution in [-0.4, -0.2) is 45.1 Å². The van der Waals surface area contributed by atoms with Crippen molar-refractivity contribution in [2.24, 2.45) is 0 Å². The SMILES string of the molecule is C[C@@H]1CN(Cc2nc(N)nc(Nc3ccc(Cl)cc3)n2)C[C@@H](C)O1. The number of hydrogen-bond acceptors (Lipinski definition) is 7. The zero-order valence-corrected chi connectivity index (χ0v) is 14.5. The van der Waals surface area contributed by atoms with E-state index in [0.717, 1.165) is 18.8 Å². The number of nitrogen functional groups attached to an aromatic ring is 1. The zero-order chi connectivity index (χ0) is 17.1. The maximum Gasteiger partial charge on any atom is 0.232 e. The second-order valence-corrected chi connectivity index (χ2v) is 6.45. The molecule has 0 unspecified atom stereocenters. The molecule has 0 saturated carbocycles. The quantitative estimate of drug-likeness (QED) is 0.877. The Morgan fingerprint density at radius 1 is 1.17 bits per heavy atom. The van der Waals surface area contributed by atoms with Crippen LogP contribution in [0.5, 0.6) is 0 Å². The van der Waals surface area contributed by atoms with Crippen molar-refractivity contribution in [3.05, 3.63) is 35.1 Å². The molecule has 8 heteroatoms. The summed E-state index contributed by atoms with van der Waals surface area (Å²) in [7, 11) is 0. The molecule has 2 aromatic rings. The van der Waals surface area contributed by atoms with Crippen LogP contribution in [0.25, 0.3) is 0 Å². The molecule has 1 saturated heterocycles. The molecule has 0 amide bonds. The van der Waals surface area contributed by atoms with E-state index in [0.29, 0.717) is 23.3 Å². The Morgan fingerprint density at radius 3 is 2.50 bits per heavy atom. The van der Waals surface area contributed by atoms with Gasteiger partial charge in [0.25, 0.3) is 0 Å². The highest BCUT2D eigenvalue weighted by atomic mass is 35.5. The molecule has 128 valence electrons. The molecule has 2 atom stereocenters. The van der Waals surface area contributed by atoms with Crippen molar-refractivity contribution in [3.8, 4) is 0 Å². The van der Waals surface area contributed by atoms with Gasteiger partial charge in [0, 0.05) is 23.8 Å². The van der Waals surface area contributed by atoms with Gasteiger partial charge in [-0.25, -0.2) is 0 Å². The van der Waals surface area contributed by atoms with Gasteiger partial charge < -0.3 is 15.8 Å². The third-order valence-electron chi connectivity index (χ3n) is 3.66. The van der Waals surface area contributed by atoms with Gasteiger partial charge in [0.15, 0.2) is 0 Å². The molecule has 0 spiro atoms. The first kappa shape index (κ1) is 16.9. The second kappa shape index (κ2) is 7.29. The van der Waals surface area contributed by atoms with Gasteiger partial charge in [-0.1, -0.05) is 11.6 Å². The molecular formula is C16H21ClN6O. The predicted molar refractivity (Wildman–Crippen MR) is 94.3 cm³/mol. The monoisotopic (exact) mass is 348 g/mol. The van der Waals surface area contributed by atoms with Gasteiger partial charge in [-0.05, 0) is 38.1 Å². The maximum atomic E-state index is 5.89. The molecule has 1 aliphatic heterocycles. The van der Waals surface area contributed by atoms with Crippen LogP contribution in [0.4, 0.5) is 17.6 Å². The van der Waals surface area contributed by atoms with Crippen LogP contribution in [-0.2, 0) is 11.3 Å². The van der Waals surface area contributed by atoms with Crippen LogP contribution in [0.1, 0.15) is 19.7 Å². The number of nitrogens with zero attached hydrogens (tertiary/aromatic N) is 4. The van der Waals surface area contributed by atoms with E-state index in [1.165, 1.54) is 0 Å². The summed E-state index contributed by atoms with van der Waals surface area (Å²) in [5.74, 6) is 1.26. The molecule has 0 radical (unpaired) electrons. The first-order chi connectivity index (χ1) is 11.5. The number of nitrogens with two attached hydrogens (primary N) is 1. The molecule has 2 heterocycles. The largest absolute Gasteiger partial charge is 0.373 e. The van der Waals surface area contributed by atoms with Crippen molar-refractivity contribution in [3.63, 3.8) is 0 Å². The number of halogens is 1. The molecule has 0 aliphatic carbocycles. The molecule has 3 N–H and O–H groups in total. The second-order valence-electron chi connectivity index (χ2n) is 6.02. The third kappa shape index (κ3) is 4.53. The lowest BCUT2D eigenvalue weighted by Gasteiger charge is -2.34. The molecular weight excluding hydrogens is 328 g/mol. The summed E-state index contributed by atoms with van der Waals surface area (Å²) >= 11 is 5.89. The standard InChI is InChI=1S/C16H21ClN6O/c1-10-7-23(8-11(2)24-10)9-14-20-15(18)22-16(21-14)19-13-5-3-12(17)4-6-13/h3-6,10-11H,7-9H2,1-2H3,(H3,18,19,20,21,22)/t10-,11-/m1/s1. The summed E-state index contributed by atoms with van der Waals surface area (Å²) < 4.78 is 5.75. The maximum absolute atomic E-state index is 5.89. The average molecular weight is 349 g/mol. The number of benzene rings is 1. The fourth-order valence-electron chi connectivity index (χ4n) is 2.84. The van der Waals surface area contributed by atoms with Crippen molar-refractivity contribution >= 4 is 29.2 Å². The van der Waals surface area contributed by atoms with E-state index in [1.54, 1.807) is 12.1 Å². The molecule has 1 aliphatic rings. The highest BCUT2D eigenvalue weighted by Crippen LogP contribution is 2.18. The van der Waals surface area contributed by atoms with Gasteiger partial charge in [-0.15, -0.1) is 0 Å². The van der Waals surface area contributed by atoms with Gasteiger partial charge in [-0.2, -0.15) is 15.0 Å². The molecule has 7 nitrogen and oxygen atoms in total. The van der Waals surface area contributed by atoms with E-state index in [9.17, 15) is 0 Å². The summed E-state index contributed by atoms with van der Waals surface area (Å²) in [6.45, 7) is 6.43. The number of anilines is 3. The normalized spacial score (nSPS) is 21.6. The van der Waals surface area contributed by atoms with E-state index in [2.05, 4.69) is 39.0 Å². The smallest absolute Gasteiger partial charge is 0.232 e. The van der Waals surface area contributed by atoms with Crippen LogP contribution in [0.2, 0.25) is 5.02 Å². The number of rotatable bonds is 4. The number of ether oxygens (including phenoxy) is 1. The highest BCUT2D eigenvalue weighted by Gasteiger charge is 2.23. The minimum atomic E-state index is 0.194. The Balaban J connectivity index is 1.72. The Morgan fingerprint density at radius 2 is 1.83 bits per heavy atom. The summed E-state index contributed by atoms with van der Waals surface area (Å²) in [5, 5.41) is 3.80. The van der Waals surface area contributed by atoms with Gasteiger partial charge >= 0.3 is 0 Å². The average Bonchev–Trinajstić information content (AvgIpc) is 2.48. The topological polar surface area (TPSA) is 89.2 Å². The predicted octanol–water partition coefficient (Wildman–Crippen LogP) is 2.46. The third-order valence-corrected chi connectivity index (χ3v) is 3.91. The van der Waals surface area contributed by atoms with E-state index in [-0.39, 0.29) is 18.2 Å². The van der Waals surface area contributed by atoms with Crippen LogP contribution < -0.4 is 11.1 Å². The Hall–Kier alpha value is -1.96. The van der Waals surface area contributed by atoms with Crippen LogP contribution in [0, 0.1) is 0 Å². The first-order valence-electron chi connectivity index (χ1n) is 7.89. The lowest BCUT2D eigenvalue weighted by Crippen LogP contribution is -2.45. The first-order valence-corrected chi connectivity index (χ1v) is 8.26. The number of aromatic nitrogens is 3. The van der Waals surface area contributed by atoms with Crippen molar-refractivity contribution in [2.75, 3.05) is 24.1 Å². The van der Waals surface area contributed by atoms with Crippen LogP contribution >= 0.6 is 11.6 Å². The minimum absolute atomic E-state index is 0.194. The van der Waals surface area contributed by atoms with E-state index < -0.39 is 0 Å². The van der Waals surface area contributed by atoms with Crippen molar-refractivity contribution in [1.29, 1.82) is 0 Å². The van der Waals surface area contributed by atoms with Crippen LogP contribution in [0.15, 0.2) is 24.3 Å². The Kier molecular flexibility index (Phi) is 5.13. The summed E-state index contributed by atoms with van der Waals surface area (Å²) in [4.78, 5) is 15.1. The highest BCUT2D eigenvalue weighted by molar-refractivity contribution is 6.30. The van der Waals surface area contributed by atoms with Gasteiger partial charge in [0.05, 0.1) is 18.8 Å². The minimum Gasteiger partial charge on any atom is -0.373 e. The summed E-state index contributed by atoms with van der Waals surface area (Å²) in [5.41, 5.74) is 6.67. The number of hydrogen-bond donors (Lipinski definition) is 2. The van der Waals surface area contributed by atoms with Crippen molar-refractivity contribution < 1.29 is 4.74 Å². The Labute approximate surface area is 146 Å². The summed E-state index contributed by atoms with van der Waals surface area (Å²) in [6, 6.07) is 7.30. The molecule has 24 heavy (non-hydrogen) atoms. The fraction of sp³-hybridized carbons (Fsp3) is 0.438. The molecule has 1 fully saturated rings. The number of morpholine rings is 1. The lowest BCUT2D eigenvalue weighted by atomic mass is 10.2. The van der Waals surface area contributed by atoms with Gasteiger partial charge in [0.1, 0.15) is 5.82 Å². The zero-order valence-electron chi connectivity index (χ0n) is 13.7. The van der Waals surface area contributed by atoms with Crippen molar-refractivity contribution in [1.82, 2.24) is 19.9 Å². The summed E-state index contributed by atoms with van der Waals surface area (Å²) in [6.07, 6.45) is 0.388. The molecule has 3 rings (SSSR count). The molecule has 1 aromatic carbocycles. The fourth-order valence-corrected chi connectivity index (χ4v) is 2.97. The van der Waals surface area contributed by atoms with E-state index >= 15 is 0 Å². The molecule has 0 bridgehead atoms. The Bertz CT molecular complexity index is 685. The number of nitrogens with one attached hydrogen (secondary N) is 1. The van der Waals surface area contributed by atoms with E-state index in [1.807, 2.05) is 12.1 Å². The van der Waals surface area contributed by atoms with Gasteiger partial charge in [-0.3, -0.25) is 4.90 Å².